The number of rotatable bonds is 3. The van der Waals surface area contributed by atoms with Crippen molar-refractivity contribution in [1.82, 2.24) is 0 Å². The zero-order valence-electron chi connectivity index (χ0n) is 15.5. The summed E-state index contributed by atoms with van der Waals surface area (Å²) in [5.74, 6) is 0. The van der Waals surface area contributed by atoms with Crippen LogP contribution in [0.2, 0.25) is 0 Å². The molecule has 0 amide bonds. The van der Waals surface area contributed by atoms with E-state index in [1.54, 1.807) is 0 Å². The average molecular weight is 330 g/mol. The summed E-state index contributed by atoms with van der Waals surface area (Å²) < 4.78 is 0. The van der Waals surface area contributed by atoms with Crippen LogP contribution >= 0.6 is 0 Å². The lowest BCUT2D eigenvalue weighted by Crippen LogP contribution is -2.22. The van der Waals surface area contributed by atoms with Crippen molar-refractivity contribution in [3.8, 4) is 0 Å². The molecule has 0 aromatic heterocycles. The third-order valence-electron chi connectivity index (χ3n) is 4.83. The lowest BCUT2D eigenvalue weighted by Gasteiger charge is -2.23. The van der Waals surface area contributed by atoms with Crippen molar-refractivity contribution in [2.24, 2.45) is 4.99 Å². The topological polar surface area (TPSA) is 15.6 Å². The van der Waals surface area contributed by atoms with Gasteiger partial charge in [0.05, 0.1) is 5.71 Å². The van der Waals surface area contributed by atoms with Crippen molar-refractivity contribution >= 4 is 11.4 Å². The second-order valence-corrected chi connectivity index (χ2v) is 6.87. The fourth-order valence-electron chi connectivity index (χ4n) is 3.49. The van der Waals surface area contributed by atoms with E-state index in [1.807, 2.05) is 0 Å². The molecule has 0 spiro atoms. The van der Waals surface area contributed by atoms with Crippen molar-refractivity contribution in [2.45, 2.75) is 26.2 Å². The van der Waals surface area contributed by atoms with Crippen LogP contribution in [-0.4, -0.2) is 19.3 Å². The van der Waals surface area contributed by atoms with E-state index in [4.69, 9.17) is 0 Å². The molecule has 128 valence electrons. The molecule has 25 heavy (non-hydrogen) atoms. The molecule has 1 aromatic carbocycles. The molecule has 0 N–H and O–H groups in total. The molecule has 0 bridgehead atoms. The molecule has 1 heterocycles. The van der Waals surface area contributed by atoms with Gasteiger partial charge < -0.3 is 4.90 Å². The lowest BCUT2D eigenvalue weighted by molar-refractivity contribution is 0.640. The Balaban J connectivity index is 1.76. The van der Waals surface area contributed by atoms with Crippen molar-refractivity contribution in [3.63, 3.8) is 0 Å². The quantitative estimate of drug-likeness (QED) is 0.727. The summed E-state index contributed by atoms with van der Waals surface area (Å²) in [7, 11) is 2.15. The van der Waals surface area contributed by atoms with Gasteiger partial charge in [-0.1, -0.05) is 62.4 Å². The number of nitrogens with zero attached hydrogens (tertiary/aromatic N) is 2. The first kappa shape index (κ1) is 17.2. The number of benzene rings is 1. The number of likely N-dealkylation sites (N-methyl/N-ethyl adjacent to an activating group) is 1. The lowest BCUT2D eigenvalue weighted by atomic mass is 9.84. The maximum atomic E-state index is 4.39. The van der Waals surface area contributed by atoms with Gasteiger partial charge in [-0.15, -0.1) is 0 Å². The highest BCUT2D eigenvalue weighted by atomic mass is 15.2. The molecule has 0 saturated heterocycles. The third kappa shape index (κ3) is 3.43. The Hall–Kier alpha value is -2.61. The van der Waals surface area contributed by atoms with Gasteiger partial charge in [-0.05, 0) is 42.4 Å². The molecule has 2 heteroatoms. The molecule has 0 radical (unpaired) electrons. The summed E-state index contributed by atoms with van der Waals surface area (Å²) in [5.41, 5.74) is 6.25. The van der Waals surface area contributed by atoms with E-state index < -0.39 is 0 Å². The highest BCUT2D eigenvalue weighted by Gasteiger charge is 2.37. The number of fused-ring (bicyclic) bond motifs is 1. The van der Waals surface area contributed by atoms with Gasteiger partial charge in [0.2, 0.25) is 0 Å². The van der Waals surface area contributed by atoms with Crippen LogP contribution in [-0.2, 0) is 5.41 Å². The molecular formula is C23H26N2. The standard InChI is InChI=1S/C23H26N2/c1-5-24-19-16-14-18(15-17-19)10-6-9-13-22-23(2,3)20-11-7-8-12-21(20)25(22)4/h6-17H,5H2,1-4H3. The Morgan fingerprint density at radius 3 is 2.36 bits per heavy atom. The van der Waals surface area contributed by atoms with Crippen molar-refractivity contribution in [1.29, 1.82) is 0 Å². The van der Waals surface area contributed by atoms with Gasteiger partial charge in [0.25, 0.3) is 0 Å². The van der Waals surface area contributed by atoms with Crippen molar-refractivity contribution < 1.29 is 0 Å². The maximum absolute atomic E-state index is 4.39. The Kier molecular flexibility index (Phi) is 4.89. The van der Waals surface area contributed by atoms with E-state index in [9.17, 15) is 0 Å². The van der Waals surface area contributed by atoms with Crippen LogP contribution in [0.4, 0.5) is 5.69 Å². The third-order valence-corrected chi connectivity index (χ3v) is 4.83. The van der Waals surface area contributed by atoms with Crippen LogP contribution in [0.5, 0.6) is 0 Å². The van der Waals surface area contributed by atoms with E-state index in [0.29, 0.717) is 0 Å². The van der Waals surface area contributed by atoms with Crippen LogP contribution in [0.1, 0.15) is 26.3 Å². The molecule has 0 atom stereocenters. The first-order valence-electron chi connectivity index (χ1n) is 8.87. The molecule has 0 fully saturated rings. The largest absolute Gasteiger partial charge is 0.347 e. The minimum absolute atomic E-state index is 0.0268. The first-order chi connectivity index (χ1) is 12.0. The highest BCUT2D eigenvalue weighted by molar-refractivity contribution is 6.05. The van der Waals surface area contributed by atoms with E-state index in [1.165, 1.54) is 22.5 Å². The van der Waals surface area contributed by atoms with Gasteiger partial charge in [0.1, 0.15) is 0 Å². The molecule has 2 nitrogen and oxygen atoms in total. The molecule has 2 aliphatic rings. The molecule has 3 rings (SSSR count). The zero-order chi connectivity index (χ0) is 17.9. The Morgan fingerprint density at radius 2 is 1.68 bits per heavy atom. The molecule has 0 saturated carbocycles. The van der Waals surface area contributed by atoms with Crippen LogP contribution in [0.3, 0.4) is 0 Å². The zero-order valence-corrected chi connectivity index (χ0v) is 15.5. The number of anilines is 1. The number of hydrogen-bond acceptors (Lipinski definition) is 2. The highest BCUT2D eigenvalue weighted by Crippen LogP contribution is 2.46. The summed E-state index contributed by atoms with van der Waals surface area (Å²) >= 11 is 0. The Bertz CT molecular complexity index is 811. The minimum Gasteiger partial charge on any atom is -0.347 e. The first-order valence-corrected chi connectivity index (χ1v) is 8.87. The number of para-hydroxylation sites is 1. The van der Waals surface area contributed by atoms with Crippen LogP contribution in [0.25, 0.3) is 0 Å². The van der Waals surface area contributed by atoms with Crippen LogP contribution in [0, 0.1) is 0 Å². The summed E-state index contributed by atoms with van der Waals surface area (Å²) in [4.78, 5) is 6.69. The molecule has 0 unspecified atom stereocenters. The summed E-state index contributed by atoms with van der Waals surface area (Å²) in [5, 5.41) is 0. The van der Waals surface area contributed by atoms with E-state index in [2.05, 4.69) is 111 Å². The second kappa shape index (κ2) is 7.10. The maximum Gasteiger partial charge on any atom is 0.0574 e. The molecule has 1 aromatic rings. The van der Waals surface area contributed by atoms with Crippen molar-refractivity contribution in [3.05, 3.63) is 89.7 Å². The monoisotopic (exact) mass is 330 g/mol. The van der Waals surface area contributed by atoms with Gasteiger partial charge in [-0.2, -0.15) is 0 Å². The fraction of sp³-hybridized carbons (Fsp3) is 0.261. The predicted molar refractivity (Wildman–Crippen MR) is 109 cm³/mol. The Morgan fingerprint density at radius 1 is 1.00 bits per heavy atom. The molecule has 1 aliphatic heterocycles. The molecule has 1 aliphatic carbocycles. The number of hydrogen-bond donors (Lipinski definition) is 0. The van der Waals surface area contributed by atoms with E-state index in [-0.39, 0.29) is 5.41 Å². The van der Waals surface area contributed by atoms with Gasteiger partial charge in [0, 0.05) is 30.4 Å². The minimum atomic E-state index is 0.0268. The van der Waals surface area contributed by atoms with Gasteiger partial charge >= 0.3 is 0 Å². The normalized spacial score (nSPS) is 19.8. The van der Waals surface area contributed by atoms with E-state index >= 15 is 0 Å². The Labute approximate surface area is 151 Å². The summed E-state index contributed by atoms with van der Waals surface area (Å²) in [6, 6.07) is 8.64. The predicted octanol–water partition coefficient (Wildman–Crippen LogP) is 5.37. The summed E-state index contributed by atoms with van der Waals surface area (Å²) in [6.45, 7) is 7.45. The SMILES string of the molecule is CCN=C1C=CC(=CC=CC=C2N(C)c3ccccc3C2(C)C)C=C1. The number of allylic oxidation sites excluding steroid dienone is 10. The smallest absolute Gasteiger partial charge is 0.0574 e. The van der Waals surface area contributed by atoms with Gasteiger partial charge in [-0.3, -0.25) is 4.99 Å². The second-order valence-electron chi connectivity index (χ2n) is 6.87. The van der Waals surface area contributed by atoms with Crippen LogP contribution < -0.4 is 4.90 Å². The van der Waals surface area contributed by atoms with Crippen molar-refractivity contribution in [2.75, 3.05) is 18.5 Å². The van der Waals surface area contributed by atoms with Gasteiger partial charge in [0.15, 0.2) is 0 Å². The molecular weight excluding hydrogens is 304 g/mol. The van der Waals surface area contributed by atoms with E-state index in [0.717, 1.165) is 12.3 Å². The average Bonchev–Trinajstić information content (AvgIpc) is 2.81. The summed E-state index contributed by atoms with van der Waals surface area (Å²) in [6.07, 6.45) is 16.9. The fourth-order valence-corrected chi connectivity index (χ4v) is 3.49. The van der Waals surface area contributed by atoms with Crippen LogP contribution in [0.15, 0.2) is 89.1 Å². The van der Waals surface area contributed by atoms with Gasteiger partial charge in [-0.25, -0.2) is 0 Å². The number of aliphatic imine (C=N–C) groups is 1.